The van der Waals surface area contributed by atoms with Gasteiger partial charge in [-0.05, 0) is 6.92 Å². The fraction of sp³-hybridized carbons (Fsp3) is 0.500. The monoisotopic (exact) mass is 230 g/mol. The summed E-state index contributed by atoms with van der Waals surface area (Å²) in [6.45, 7) is 0.972. The molecule has 0 saturated carbocycles. The average molecular weight is 229 g/mol. The molecule has 0 amide bonds. The Labute approximate surface area is 76.6 Å². The predicted octanol–water partition coefficient (Wildman–Crippen LogP) is -2.07. The van der Waals surface area contributed by atoms with Gasteiger partial charge in [-0.1, -0.05) is 0 Å². The summed E-state index contributed by atoms with van der Waals surface area (Å²) in [5.74, 6) is -1.08. The molecule has 0 aromatic carbocycles. The smallest absolute Gasteiger partial charge is 0.550 e. The van der Waals surface area contributed by atoms with Crippen molar-refractivity contribution in [3.8, 4) is 0 Å². The number of hydrogen-bond donors (Lipinski definition) is 0. The Balaban J connectivity index is -0.0000000450. The quantitative estimate of drug-likeness (QED) is 0.478. The SMILES string of the molecule is CC(=O)[O-].O.[Eu+2]. The molecule has 0 bridgehead atoms. The zero-order valence-electron chi connectivity index (χ0n) is 3.19. The number of carbonyl (C=O) groups excluding carboxylic acids is 1. The Kier molecular flexibility index (Phi) is 24.6. The third-order valence-corrected chi connectivity index (χ3v) is 0. The average Bonchev–Trinajstić information content (AvgIpc) is 0.811. The minimum Gasteiger partial charge on any atom is -0.550 e. The van der Waals surface area contributed by atoms with Crippen LogP contribution in [0.25, 0.3) is 0 Å². The molecule has 1 radical (unpaired) electrons. The number of carboxylic acid groups (broad SMARTS) is 1. The minimum absolute atomic E-state index is 0. The first-order valence-corrected chi connectivity index (χ1v) is 0.908. The molecule has 3 nitrogen and oxygen atoms in total. The summed E-state index contributed by atoms with van der Waals surface area (Å²) in [6.07, 6.45) is 0. The van der Waals surface area contributed by atoms with E-state index < -0.39 is 5.97 Å². The van der Waals surface area contributed by atoms with E-state index in [0.29, 0.717) is 0 Å². The summed E-state index contributed by atoms with van der Waals surface area (Å²) in [4.78, 5) is 8.89. The van der Waals surface area contributed by atoms with Crippen molar-refractivity contribution in [2.24, 2.45) is 0 Å². The third kappa shape index (κ3) is 78.5. The van der Waals surface area contributed by atoms with E-state index in [1.165, 1.54) is 0 Å². The fourth-order valence-corrected chi connectivity index (χ4v) is 0. The zero-order chi connectivity index (χ0) is 3.58. The van der Waals surface area contributed by atoms with Crippen LogP contribution in [0.15, 0.2) is 0 Å². The van der Waals surface area contributed by atoms with E-state index in [1.807, 2.05) is 0 Å². The molecule has 0 rings (SSSR count). The van der Waals surface area contributed by atoms with Crippen LogP contribution in [0.3, 0.4) is 0 Å². The first kappa shape index (κ1) is 15.7. The molecule has 6 heavy (non-hydrogen) atoms. The maximum Gasteiger partial charge on any atom is 2.00 e. The van der Waals surface area contributed by atoms with Crippen LogP contribution in [0, 0.1) is 49.4 Å². The molecule has 37 valence electrons. The van der Waals surface area contributed by atoms with Crippen molar-refractivity contribution in [1.82, 2.24) is 0 Å². The Morgan fingerprint density at radius 3 is 1.67 bits per heavy atom. The maximum atomic E-state index is 8.89. The molecule has 0 fully saturated rings. The largest absolute Gasteiger partial charge is 2.00 e. The summed E-state index contributed by atoms with van der Waals surface area (Å²) < 4.78 is 0. The Morgan fingerprint density at radius 1 is 1.67 bits per heavy atom. The second-order valence-corrected chi connectivity index (χ2v) is 0.492. The van der Waals surface area contributed by atoms with Gasteiger partial charge in [0, 0.05) is 5.97 Å². The molecule has 0 aromatic rings. The molecule has 0 aliphatic carbocycles. The van der Waals surface area contributed by atoms with Gasteiger partial charge in [0.15, 0.2) is 0 Å². The molecule has 0 atom stereocenters. The van der Waals surface area contributed by atoms with Crippen LogP contribution in [0.2, 0.25) is 0 Å². The molecule has 0 saturated heterocycles. The van der Waals surface area contributed by atoms with Gasteiger partial charge in [-0.15, -0.1) is 0 Å². The molecule has 0 aromatic heterocycles. The van der Waals surface area contributed by atoms with Gasteiger partial charge >= 0.3 is 49.4 Å². The fourth-order valence-electron chi connectivity index (χ4n) is 0. The van der Waals surface area contributed by atoms with Crippen molar-refractivity contribution in [3.05, 3.63) is 0 Å². The molecule has 0 unspecified atom stereocenters. The van der Waals surface area contributed by atoms with E-state index in [4.69, 9.17) is 9.90 Å². The second-order valence-electron chi connectivity index (χ2n) is 0.492. The number of rotatable bonds is 0. The van der Waals surface area contributed by atoms with E-state index in [9.17, 15) is 0 Å². The molecule has 0 aliphatic rings. The van der Waals surface area contributed by atoms with Crippen molar-refractivity contribution in [2.45, 2.75) is 6.92 Å². The number of carbonyl (C=O) groups is 1. The molecular weight excluding hydrogens is 224 g/mol. The van der Waals surface area contributed by atoms with E-state index in [2.05, 4.69) is 0 Å². The molecule has 0 heterocycles. The summed E-state index contributed by atoms with van der Waals surface area (Å²) in [6, 6.07) is 0. The van der Waals surface area contributed by atoms with E-state index in [0.717, 1.165) is 6.92 Å². The standard InChI is InChI=1S/C2H4O2.Eu.H2O/c1-2(3)4;;/h1H3,(H,3,4);;1H2/q;+2;/p-1. The Morgan fingerprint density at radius 2 is 1.67 bits per heavy atom. The van der Waals surface area contributed by atoms with Gasteiger partial charge in [0.1, 0.15) is 0 Å². The summed E-state index contributed by atoms with van der Waals surface area (Å²) >= 11 is 0. The van der Waals surface area contributed by atoms with Crippen molar-refractivity contribution in [3.63, 3.8) is 0 Å². The van der Waals surface area contributed by atoms with Crippen LogP contribution in [-0.2, 0) is 4.79 Å². The van der Waals surface area contributed by atoms with Gasteiger partial charge in [0.2, 0.25) is 0 Å². The summed E-state index contributed by atoms with van der Waals surface area (Å²) in [5.41, 5.74) is 0. The van der Waals surface area contributed by atoms with Gasteiger partial charge in [-0.2, -0.15) is 0 Å². The van der Waals surface area contributed by atoms with E-state index >= 15 is 0 Å². The summed E-state index contributed by atoms with van der Waals surface area (Å²) in [5, 5.41) is 8.89. The molecule has 0 spiro atoms. The number of hydrogen-bond acceptors (Lipinski definition) is 2. The van der Waals surface area contributed by atoms with E-state index in [1.54, 1.807) is 0 Å². The van der Waals surface area contributed by atoms with E-state index in [-0.39, 0.29) is 54.9 Å². The molecular formula is C2H5EuO3+. The normalized spacial score (nSPS) is 4.17. The third-order valence-electron chi connectivity index (χ3n) is 0. The van der Waals surface area contributed by atoms with Crippen LogP contribution in [-0.4, -0.2) is 11.4 Å². The van der Waals surface area contributed by atoms with Crippen LogP contribution in [0.1, 0.15) is 6.92 Å². The maximum absolute atomic E-state index is 8.89. The van der Waals surface area contributed by atoms with Crippen molar-refractivity contribution >= 4 is 5.97 Å². The Hall–Kier alpha value is 1.01. The van der Waals surface area contributed by atoms with Crippen molar-refractivity contribution < 1.29 is 64.8 Å². The molecule has 2 N–H and O–H groups in total. The van der Waals surface area contributed by atoms with Gasteiger partial charge in [-0.3, -0.25) is 0 Å². The van der Waals surface area contributed by atoms with Gasteiger partial charge in [0.05, 0.1) is 0 Å². The van der Waals surface area contributed by atoms with Gasteiger partial charge in [-0.25, -0.2) is 0 Å². The van der Waals surface area contributed by atoms with Crippen LogP contribution in [0.4, 0.5) is 0 Å². The first-order valence-electron chi connectivity index (χ1n) is 0.908. The van der Waals surface area contributed by atoms with Crippen LogP contribution < -0.4 is 5.11 Å². The van der Waals surface area contributed by atoms with Gasteiger partial charge < -0.3 is 15.4 Å². The molecule has 0 aliphatic heterocycles. The van der Waals surface area contributed by atoms with Crippen molar-refractivity contribution in [2.75, 3.05) is 0 Å². The van der Waals surface area contributed by atoms with Crippen LogP contribution in [0.5, 0.6) is 0 Å². The topological polar surface area (TPSA) is 71.6 Å². The number of aliphatic carboxylic acids is 1. The predicted molar refractivity (Wildman–Crippen MR) is 14.3 cm³/mol. The first-order chi connectivity index (χ1) is 1.73. The zero-order valence-corrected chi connectivity index (χ0v) is 5.62. The number of carboxylic acids is 1. The summed E-state index contributed by atoms with van der Waals surface area (Å²) in [7, 11) is 0. The van der Waals surface area contributed by atoms with Gasteiger partial charge in [0.25, 0.3) is 0 Å². The van der Waals surface area contributed by atoms with Crippen LogP contribution >= 0.6 is 0 Å². The Bertz CT molecular complexity index is 31.8. The van der Waals surface area contributed by atoms with Crippen molar-refractivity contribution in [1.29, 1.82) is 0 Å². The minimum atomic E-state index is -1.08. The second kappa shape index (κ2) is 9.38. The molecule has 4 heteroatoms.